The van der Waals surface area contributed by atoms with E-state index >= 15 is 0 Å². The number of nitrogens with zero attached hydrogens (tertiary/aromatic N) is 3. The van der Waals surface area contributed by atoms with Gasteiger partial charge in [0, 0.05) is 10.6 Å². The molecule has 0 aliphatic heterocycles. The predicted octanol–water partition coefficient (Wildman–Crippen LogP) is 5.08. The Bertz CT molecular complexity index is 1170. The van der Waals surface area contributed by atoms with Gasteiger partial charge in [-0.25, -0.2) is 4.39 Å². The van der Waals surface area contributed by atoms with Crippen molar-refractivity contribution in [3.63, 3.8) is 0 Å². The molecule has 0 radical (unpaired) electrons. The van der Waals surface area contributed by atoms with Crippen molar-refractivity contribution < 1.29 is 9.18 Å². The smallest absolute Gasteiger partial charge is 0.231 e. The van der Waals surface area contributed by atoms with Crippen molar-refractivity contribution in [2.24, 2.45) is 0 Å². The summed E-state index contributed by atoms with van der Waals surface area (Å²) >= 11 is 2.87. The first-order valence-corrected chi connectivity index (χ1v) is 11.6. The van der Waals surface area contributed by atoms with Crippen molar-refractivity contribution in [3.8, 4) is 5.69 Å². The van der Waals surface area contributed by atoms with Gasteiger partial charge in [0.2, 0.25) is 5.91 Å². The highest BCUT2D eigenvalue weighted by Gasteiger charge is 2.19. The molecule has 0 aliphatic carbocycles. The summed E-state index contributed by atoms with van der Waals surface area (Å²) in [5.74, 6) is -0.254. The molecule has 8 heteroatoms. The van der Waals surface area contributed by atoms with Crippen LogP contribution in [0.4, 0.5) is 4.39 Å². The van der Waals surface area contributed by atoms with Crippen LogP contribution in [-0.2, 0) is 4.79 Å². The van der Waals surface area contributed by atoms with E-state index in [4.69, 9.17) is 0 Å². The number of thioether (sulfide) groups is 1. The van der Waals surface area contributed by atoms with E-state index in [0.717, 1.165) is 16.1 Å². The van der Waals surface area contributed by atoms with Crippen LogP contribution in [0.2, 0.25) is 0 Å². The summed E-state index contributed by atoms with van der Waals surface area (Å²) in [7, 11) is 0. The lowest BCUT2D eigenvalue weighted by Crippen LogP contribution is -2.30. The number of amides is 1. The van der Waals surface area contributed by atoms with Gasteiger partial charge in [0.1, 0.15) is 12.1 Å². The zero-order valence-electron chi connectivity index (χ0n) is 17.1. The molecule has 158 valence electrons. The van der Waals surface area contributed by atoms with Crippen molar-refractivity contribution in [1.82, 2.24) is 20.1 Å². The normalized spacial score (nSPS) is 12.0. The Kier molecular flexibility index (Phi) is 6.48. The number of nitrogens with one attached hydrogen (secondary N) is 1. The molecule has 0 aliphatic rings. The molecule has 4 aromatic rings. The third kappa shape index (κ3) is 5.03. The van der Waals surface area contributed by atoms with Crippen molar-refractivity contribution in [2.45, 2.75) is 25.0 Å². The van der Waals surface area contributed by atoms with E-state index in [1.54, 1.807) is 29.8 Å². The number of rotatable bonds is 7. The number of carbonyl (C=O) groups excluding carboxylic acids is 1. The highest BCUT2D eigenvalue weighted by molar-refractivity contribution is 7.99. The lowest BCUT2D eigenvalue weighted by Gasteiger charge is -2.18. The zero-order valence-corrected chi connectivity index (χ0v) is 18.7. The summed E-state index contributed by atoms with van der Waals surface area (Å²) < 4.78 is 15.2. The van der Waals surface area contributed by atoms with E-state index in [0.29, 0.717) is 5.16 Å². The summed E-state index contributed by atoms with van der Waals surface area (Å²) in [5, 5.41) is 13.8. The highest BCUT2D eigenvalue weighted by Crippen LogP contribution is 2.27. The fourth-order valence-corrected chi connectivity index (χ4v) is 4.68. The number of halogens is 1. The summed E-state index contributed by atoms with van der Waals surface area (Å²) in [6.45, 7) is 4.13. The van der Waals surface area contributed by atoms with E-state index in [-0.39, 0.29) is 23.5 Å². The van der Waals surface area contributed by atoms with Gasteiger partial charge in [0.15, 0.2) is 5.16 Å². The molecule has 0 saturated carbocycles. The van der Waals surface area contributed by atoms with Crippen LogP contribution in [-0.4, -0.2) is 26.4 Å². The number of hydrogen-bond donors (Lipinski definition) is 1. The van der Waals surface area contributed by atoms with Gasteiger partial charge in [-0.1, -0.05) is 36.0 Å². The first kappa shape index (κ1) is 21.3. The van der Waals surface area contributed by atoms with Gasteiger partial charge < -0.3 is 5.32 Å². The van der Waals surface area contributed by atoms with Gasteiger partial charge in [-0.15, -0.1) is 21.5 Å². The third-order valence-electron chi connectivity index (χ3n) is 4.95. The minimum absolute atomic E-state index is 0.137. The van der Waals surface area contributed by atoms with Gasteiger partial charge in [-0.3, -0.25) is 9.36 Å². The minimum atomic E-state index is -0.327. The van der Waals surface area contributed by atoms with Crippen LogP contribution in [0.5, 0.6) is 0 Å². The van der Waals surface area contributed by atoms with Crippen LogP contribution >= 0.6 is 23.1 Å². The zero-order chi connectivity index (χ0) is 21.8. The molecule has 2 aromatic carbocycles. The van der Waals surface area contributed by atoms with Crippen LogP contribution in [0.25, 0.3) is 5.69 Å². The first-order chi connectivity index (χ1) is 15.0. The Labute approximate surface area is 188 Å². The molecule has 0 fully saturated rings. The second-order valence-corrected chi connectivity index (χ2v) is 9.03. The molecular weight excluding hydrogens is 431 g/mol. The predicted molar refractivity (Wildman–Crippen MR) is 122 cm³/mol. The van der Waals surface area contributed by atoms with E-state index in [9.17, 15) is 9.18 Å². The van der Waals surface area contributed by atoms with Crippen LogP contribution < -0.4 is 5.32 Å². The van der Waals surface area contributed by atoms with E-state index in [1.807, 2.05) is 28.1 Å². The molecule has 1 N–H and O–H groups in total. The Hall–Kier alpha value is -2.97. The molecular formula is C23H21FN4OS2. The number of carbonyl (C=O) groups is 1. The maximum atomic E-state index is 13.4. The van der Waals surface area contributed by atoms with Crippen molar-refractivity contribution in [2.75, 3.05) is 5.75 Å². The molecule has 0 spiro atoms. The average Bonchev–Trinajstić information content (AvgIpc) is 3.45. The number of benzene rings is 2. The third-order valence-corrected chi connectivity index (χ3v) is 6.83. The van der Waals surface area contributed by atoms with Gasteiger partial charge in [0.05, 0.1) is 11.8 Å². The lowest BCUT2D eigenvalue weighted by molar-refractivity contribution is -0.119. The monoisotopic (exact) mass is 452 g/mol. The Morgan fingerprint density at radius 3 is 2.68 bits per heavy atom. The SMILES string of the molecule is Cc1ccc(-n2cnnc2SCC(=O)NC(c2ccc(F)cc2)c2cccs2)cc1C. The van der Waals surface area contributed by atoms with Gasteiger partial charge in [-0.2, -0.15) is 0 Å². The molecule has 2 aromatic heterocycles. The van der Waals surface area contributed by atoms with Crippen molar-refractivity contribution >= 4 is 29.0 Å². The van der Waals surface area contributed by atoms with E-state index in [2.05, 4.69) is 41.5 Å². The minimum Gasteiger partial charge on any atom is -0.344 e. The van der Waals surface area contributed by atoms with Crippen LogP contribution in [0.3, 0.4) is 0 Å². The van der Waals surface area contributed by atoms with Gasteiger partial charge in [-0.05, 0) is 66.2 Å². The average molecular weight is 453 g/mol. The quantitative estimate of drug-likeness (QED) is 0.397. The molecule has 5 nitrogen and oxygen atoms in total. The Morgan fingerprint density at radius 2 is 1.97 bits per heavy atom. The highest BCUT2D eigenvalue weighted by atomic mass is 32.2. The molecule has 31 heavy (non-hydrogen) atoms. The fraction of sp³-hybridized carbons (Fsp3) is 0.174. The van der Waals surface area contributed by atoms with E-state index in [1.165, 1.54) is 35.0 Å². The molecule has 1 unspecified atom stereocenters. The molecule has 1 atom stereocenters. The second-order valence-electron chi connectivity index (χ2n) is 7.11. The molecule has 2 heterocycles. The maximum Gasteiger partial charge on any atom is 0.231 e. The Morgan fingerprint density at radius 1 is 1.16 bits per heavy atom. The summed E-state index contributed by atoms with van der Waals surface area (Å²) in [6.07, 6.45) is 1.65. The van der Waals surface area contributed by atoms with E-state index < -0.39 is 0 Å². The van der Waals surface area contributed by atoms with Crippen LogP contribution in [0, 0.1) is 19.7 Å². The topological polar surface area (TPSA) is 59.8 Å². The number of hydrogen-bond acceptors (Lipinski definition) is 5. The second kappa shape index (κ2) is 9.45. The van der Waals surface area contributed by atoms with Gasteiger partial charge in [0.25, 0.3) is 0 Å². The standard InChI is InChI=1S/C23H21FN4OS2/c1-15-5-10-19(12-16(15)2)28-14-25-27-23(28)31-13-21(29)26-22(20-4-3-11-30-20)17-6-8-18(24)9-7-17/h3-12,14,22H,13H2,1-2H3,(H,26,29). The summed E-state index contributed by atoms with van der Waals surface area (Å²) in [5.41, 5.74) is 4.18. The number of aryl methyl sites for hydroxylation is 2. The number of thiophene rings is 1. The summed E-state index contributed by atoms with van der Waals surface area (Å²) in [4.78, 5) is 13.8. The van der Waals surface area contributed by atoms with Crippen LogP contribution in [0.1, 0.15) is 27.6 Å². The van der Waals surface area contributed by atoms with Crippen LogP contribution in [0.15, 0.2) is 71.5 Å². The fourth-order valence-electron chi connectivity index (χ4n) is 3.14. The Balaban J connectivity index is 1.47. The van der Waals surface area contributed by atoms with Crippen molar-refractivity contribution in [3.05, 3.63) is 93.7 Å². The van der Waals surface area contributed by atoms with Gasteiger partial charge >= 0.3 is 0 Å². The molecule has 1 amide bonds. The molecule has 0 saturated heterocycles. The first-order valence-electron chi connectivity index (χ1n) is 9.70. The lowest BCUT2D eigenvalue weighted by atomic mass is 10.1. The van der Waals surface area contributed by atoms with Crippen molar-refractivity contribution in [1.29, 1.82) is 0 Å². The molecule has 0 bridgehead atoms. The largest absolute Gasteiger partial charge is 0.344 e. The summed E-state index contributed by atoms with van der Waals surface area (Å²) in [6, 6.07) is 15.9. The molecule has 4 rings (SSSR count). The number of aromatic nitrogens is 3. The maximum absolute atomic E-state index is 13.4.